The van der Waals surface area contributed by atoms with Crippen LogP contribution in [0.3, 0.4) is 0 Å². The van der Waals surface area contributed by atoms with E-state index >= 15 is 0 Å². The second-order valence-corrected chi connectivity index (χ2v) is 10.4. The van der Waals surface area contributed by atoms with Gasteiger partial charge in [0.25, 0.3) is 0 Å². The molecule has 1 saturated heterocycles. The molecule has 0 amide bonds. The van der Waals surface area contributed by atoms with Gasteiger partial charge in [-0.2, -0.15) is 0 Å². The van der Waals surface area contributed by atoms with Crippen LogP contribution < -0.4 is 5.46 Å². The zero-order valence-electron chi connectivity index (χ0n) is 20.3. The van der Waals surface area contributed by atoms with Gasteiger partial charge >= 0.3 is 7.12 Å². The van der Waals surface area contributed by atoms with Crippen LogP contribution in [0.4, 0.5) is 0 Å². The molecule has 1 fully saturated rings. The van der Waals surface area contributed by atoms with Gasteiger partial charge in [0.2, 0.25) is 0 Å². The number of nitrogens with zero attached hydrogens (tertiary/aromatic N) is 1. The van der Waals surface area contributed by atoms with E-state index in [-0.39, 0.29) is 0 Å². The molecule has 0 radical (unpaired) electrons. The summed E-state index contributed by atoms with van der Waals surface area (Å²) < 4.78 is 21.7. The third kappa shape index (κ3) is 2.83. The second-order valence-electron chi connectivity index (χ2n) is 10.4. The van der Waals surface area contributed by atoms with Crippen LogP contribution in [0.15, 0.2) is 89.3 Å². The number of para-hydroxylation sites is 3. The van der Waals surface area contributed by atoms with E-state index in [2.05, 4.69) is 105 Å². The first kappa shape index (κ1) is 20.8. The Bertz CT molecular complexity index is 1710. The Morgan fingerprint density at radius 2 is 1.20 bits per heavy atom. The lowest BCUT2D eigenvalue weighted by atomic mass is 9.76. The van der Waals surface area contributed by atoms with Gasteiger partial charge in [-0.15, -0.1) is 0 Å². The molecule has 0 bridgehead atoms. The van der Waals surface area contributed by atoms with E-state index in [4.69, 9.17) is 13.7 Å². The average Bonchev–Trinajstić information content (AvgIpc) is 3.46. The fourth-order valence-electron chi connectivity index (χ4n) is 5.38. The molecule has 0 spiro atoms. The Labute approximate surface area is 204 Å². The van der Waals surface area contributed by atoms with Gasteiger partial charge in [-0.1, -0.05) is 60.7 Å². The van der Waals surface area contributed by atoms with Gasteiger partial charge in [0.05, 0.1) is 27.9 Å². The van der Waals surface area contributed by atoms with Crippen molar-refractivity contribution in [1.82, 2.24) is 4.57 Å². The van der Waals surface area contributed by atoms with Crippen LogP contribution in [0, 0.1) is 0 Å². The molecule has 5 heteroatoms. The van der Waals surface area contributed by atoms with E-state index in [1.807, 2.05) is 12.1 Å². The SMILES string of the molecule is CC1(C)OB(c2cccc3oc4c(-n5c6ccccc6c6ccccc65)cccc4c23)OC1(C)C. The van der Waals surface area contributed by atoms with Crippen LogP contribution in [0.5, 0.6) is 0 Å². The topological polar surface area (TPSA) is 36.5 Å². The third-order valence-corrected chi connectivity index (χ3v) is 7.86. The zero-order chi connectivity index (χ0) is 23.9. The number of benzene rings is 4. The summed E-state index contributed by atoms with van der Waals surface area (Å²) in [5, 5.41) is 4.57. The molecule has 6 aromatic rings. The lowest BCUT2D eigenvalue weighted by Gasteiger charge is -2.32. The molecule has 4 aromatic carbocycles. The fraction of sp³-hybridized carbons (Fsp3) is 0.200. The minimum Gasteiger partial charge on any atom is -0.454 e. The third-order valence-electron chi connectivity index (χ3n) is 7.86. The Hall–Kier alpha value is -3.54. The first-order chi connectivity index (χ1) is 16.9. The summed E-state index contributed by atoms with van der Waals surface area (Å²) in [7, 11) is -0.457. The summed E-state index contributed by atoms with van der Waals surface area (Å²) in [6.45, 7) is 8.34. The molecule has 3 heterocycles. The van der Waals surface area contributed by atoms with Gasteiger partial charge in [0.1, 0.15) is 5.58 Å². The Kier molecular flexibility index (Phi) is 4.16. The Morgan fingerprint density at radius 1 is 0.629 bits per heavy atom. The first-order valence-electron chi connectivity index (χ1n) is 12.1. The average molecular weight is 459 g/mol. The van der Waals surface area contributed by atoms with Crippen LogP contribution in [0.2, 0.25) is 0 Å². The normalized spacial score (nSPS) is 17.3. The molecule has 0 aliphatic carbocycles. The standard InChI is InChI=1S/C30H26BNO3/c1-29(2)30(3,4)35-31(34-29)22-14-10-18-26-27(22)21-13-9-17-25(28(21)33-26)32-23-15-7-5-11-19(23)20-12-6-8-16-24(20)32/h5-18H,1-4H3. The summed E-state index contributed by atoms with van der Waals surface area (Å²) in [5.41, 5.74) is 5.22. The van der Waals surface area contributed by atoms with E-state index in [9.17, 15) is 0 Å². The van der Waals surface area contributed by atoms with E-state index < -0.39 is 18.3 Å². The van der Waals surface area contributed by atoms with Crippen molar-refractivity contribution < 1.29 is 13.7 Å². The van der Waals surface area contributed by atoms with Gasteiger partial charge in [0, 0.05) is 21.5 Å². The lowest BCUT2D eigenvalue weighted by molar-refractivity contribution is 0.00578. The molecule has 172 valence electrons. The van der Waals surface area contributed by atoms with Crippen molar-refractivity contribution >= 4 is 56.3 Å². The van der Waals surface area contributed by atoms with Crippen molar-refractivity contribution in [2.75, 3.05) is 0 Å². The van der Waals surface area contributed by atoms with Crippen LogP contribution >= 0.6 is 0 Å². The maximum absolute atomic E-state index is 6.58. The summed E-state index contributed by atoms with van der Waals surface area (Å²) in [6, 6.07) is 29.6. The van der Waals surface area contributed by atoms with E-state index in [0.29, 0.717) is 0 Å². The molecular formula is C30H26BNO3. The second kappa shape index (κ2) is 7.00. The van der Waals surface area contributed by atoms with Crippen molar-refractivity contribution in [3.8, 4) is 5.69 Å². The van der Waals surface area contributed by atoms with E-state index in [0.717, 1.165) is 44.1 Å². The highest BCUT2D eigenvalue weighted by Crippen LogP contribution is 2.40. The smallest absolute Gasteiger partial charge is 0.454 e. The van der Waals surface area contributed by atoms with Gasteiger partial charge in [0.15, 0.2) is 5.58 Å². The van der Waals surface area contributed by atoms with Crippen molar-refractivity contribution in [3.05, 3.63) is 84.9 Å². The molecule has 7 rings (SSSR count). The molecule has 1 aliphatic heterocycles. The maximum Gasteiger partial charge on any atom is 0.495 e. The molecule has 0 N–H and O–H groups in total. The number of rotatable bonds is 2. The molecule has 4 nitrogen and oxygen atoms in total. The van der Waals surface area contributed by atoms with Crippen molar-refractivity contribution in [1.29, 1.82) is 0 Å². The monoisotopic (exact) mass is 459 g/mol. The molecule has 1 aliphatic rings. The predicted molar refractivity (Wildman–Crippen MR) is 144 cm³/mol. The number of fused-ring (bicyclic) bond motifs is 6. The summed E-state index contributed by atoms with van der Waals surface area (Å²) in [4.78, 5) is 0. The quantitative estimate of drug-likeness (QED) is 0.262. The summed E-state index contributed by atoms with van der Waals surface area (Å²) in [5.74, 6) is 0. The lowest BCUT2D eigenvalue weighted by Crippen LogP contribution is -2.41. The van der Waals surface area contributed by atoms with Gasteiger partial charge in [-0.3, -0.25) is 0 Å². The van der Waals surface area contributed by atoms with Gasteiger partial charge in [-0.05, 0) is 57.4 Å². The largest absolute Gasteiger partial charge is 0.495 e. The minimum absolute atomic E-state index is 0.409. The molecule has 0 atom stereocenters. The Balaban J connectivity index is 1.52. The molecule has 35 heavy (non-hydrogen) atoms. The number of furan rings is 1. The summed E-state index contributed by atoms with van der Waals surface area (Å²) in [6.07, 6.45) is 0. The minimum atomic E-state index is -0.457. The highest BCUT2D eigenvalue weighted by molar-refractivity contribution is 6.66. The van der Waals surface area contributed by atoms with Crippen molar-refractivity contribution in [2.24, 2.45) is 0 Å². The van der Waals surface area contributed by atoms with Gasteiger partial charge < -0.3 is 18.3 Å². The first-order valence-corrected chi connectivity index (χ1v) is 12.1. The molecule has 0 saturated carbocycles. The van der Waals surface area contributed by atoms with Gasteiger partial charge in [-0.25, -0.2) is 0 Å². The molecule has 2 aromatic heterocycles. The van der Waals surface area contributed by atoms with Crippen LogP contribution in [-0.2, 0) is 9.31 Å². The van der Waals surface area contributed by atoms with Crippen LogP contribution in [0.1, 0.15) is 27.7 Å². The van der Waals surface area contributed by atoms with Crippen molar-refractivity contribution in [3.63, 3.8) is 0 Å². The highest BCUT2D eigenvalue weighted by Gasteiger charge is 2.52. The maximum atomic E-state index is 6.58. The fourth-order valence-corrected chi connectivity index (χ4v) is 5.38. The number of hydrogen-bond acceptors (Lipinski definition) is 3. The molecular weight excluding hydrogens is 433 g/mol. The highest BCUT2D eigenvalue weighted by atomic mass is 16.7. The zero-order valence-corrected chi connectivity index (χ0v) is 20.3. The Morgan fingerprint density at radius 3 is 1.86 bits per heavy atom. The van der Waals surface area contributed by atoms with Crippen LogP contribution in [0.25, 0.3) is 49.4 Å². The number of aromatic nitrogens is 1. The summed E-state index contributed by atoms with van der Waals surface area (Å²) >= 11 is 0. The predicted octanol–water partition coefficient (Wildman–Crippen LogP) is 6.98. The molecule has 0 unspecified atom stereocenters. The van der Waals surface area contributed by atoms with Crippen molar-refractivity contribution in [2.45, 2.75) is 38.9 Å². The van der Waals surface area contributed by atoms with E-state index in [1.54, 1.807) is 0 Å². The number of hydrogen-bond donors (Lipinski definition) is 0. The van der Waals surface area contributed by atoms with E-state index in [1.165, 1.54) is 10.8 Å². The van der Waals surface area contributed by atoms with Crippen LogP contribution in [-0.4, -0.2) is 22.9 Å².